The summed E-state index contributed by atoms with van der Waals surface area (Å²) in [6.07, 6.45) is -0.288. The summed E-state index contributed by atoms with van der Waals surface area (Å²) >= 11 is 0. The van der Waals surface area contributed by atoms with Crippen LogP contribution >= 0.6 is 0 Å². The highest BCUT2D eigenvalue weighted by atomic mass is 32.2. The van der Waals surface area contributed by atoms with E-state index in [1.807, 2.05) is 6.07 Å². The molecule has 212 valence electrons. The average Bonchev–Trinajstić information content (AvgIpc) is 3.37. The predicted octanol–water partition coefficient (Wildman–Crippen LogP) is 3.25. The Balaban J connectivity index is 1.75. The lowest BCUT2D eigenvalue weighted by Gasteiger charge is -2.19. The molecule has 0 fully saturated rings. The van der Waals surface area contributed by atoms with E-state index >= 15 is 4.39 Å². The highest BCUT2D eigenvalue weighted by molar-refractivity contribution is 7.86. The molecule has 2 aromatic carbocycles. The van der Waals surface area contributed by atoms with Crippen molar-refractivity contribution in [2.45, 2.75) is 16.6 Å². The zero-order valence-corrected chi connectivity index (χ0v) is 21.9. The Morgan fingerprint density at radius 1 is 1.17 bits per heavy atom. The molecule has 1 aliphatic rings. The number of phenols is 1. The van der Waals surface area contributed by atoms with Crippen LogP contribution < -0.4 is 9.47 Å². The lowest BCUT2D eigenvalue weighted by atomic mass is 10.1. The van der Waals surface area contributed by atoms with Crippen LogP contribution in [0.1, 0.15) is 17.5 Å². The maximum atomic E-state index is 15.4. The molecule has 3 aromatic rings. The summed E-state index contributed by atoms with van der Waals surface area (Å²) in [6.45, 7) is 0.830. The van der Waals surface area contributed by atoms with Gasteiger partial charge in [-0.25, -0.2) is 9.37 Å². The van der Waals surface area contributed by atoms with Gasteiger partial charge in [-0.1, -0.05) is 0 Å². The monoisotopic (exact) mass is 586 g/mol. The predicted molar refractivity (Wildman–Crippen MR) is 138 cm³/mol. The van der Waals surface area contributed by atoms with Gasteiger partial charge in [0.05, 0.1) is 47.2 Å². The van der Waals surface area contributed by atoms with E-state index in [9.17, 15) is 28.4 Å². The summed E-state index contributed by atoms with van der Waals surface area (Å²) in [6, 6.07) is 9.03. The van der Waals surface area contributed by atoms with Crippen molar-refractivity contribution in [3.8, 4) is 34.9 Å². The van der Waals surface area contributed by atoms with Crippen molar-refractivity contribution in [2.24, 2.45) is 4.99 Å². The van der Waals surface area contributed by atoms with Crippen molar-refractivity contribution in [3.63, 3.8) is 0 Å². The number of halogens is 2. The van der Waals surface area contributed by atoms with Gasteiger partial charge in [-0.2, -0.15) is 9.65 Å². The fourth-order valence-electron chi connectivity index (χ4n) is 3.78. The first-order valence-corrected chi connectivity index (χ1v) is 12.9. The van der Waals surface area contributed by atoms with Crippen LogP contribution in [-0.2, 0) is 20.4 Å². The number of rotatable bonds is 10. The van der Waals surface area contributed by atoms with Crippen LogP contribution in [-0.4, -0.2) is 72.6 Å². The number of carboxylic acid groups (broad SMARTS) is 2. The molecule has 0 radical (unpaired) electrons. The number of aliphatic carboxylic acids is 2. The number of hydrogen-bond acceptors (Lipinski definition) is 10. The molecule has 2 heterocycles. The van der Waals surface area contributed by atoms with Gasteiger partial charge in [-0.05, 0) is 30.3 Å². The minimum absolute atomic E-state index is 0.0726. The van der Waals surface area contributed by atoms with E-state index in [1.165, 1.54) is 24.3 Å². The number of aliphatic imine (C=N–C) groups is 1. The molecule has 0 saturated heterocycles. The molecular weight excluding hydrogens is 566 g/mol. The van der Waals surface area contributed by atoms with E-state index in [2.05, 4.69) is 9.98 Å². The van der Waals surface area contributed by atoms with E-state index in [1.54, 1.807) is 11.9 Å². The number of ether oxygens (including phenoxy) is 2. The number of likely N-dealkylation sites (N-methyl/N-ethyl adjacent to an activating group) is 1. The minimum atomic E-state index is -2.32. The Labute approximate surface area is 233 Å². The molecule has 0 amide bonds. The van der Waals surface area contributed by atoms with Crippen LogP contribution in [0.4, 0.5) is 8.78 Å². The topological polar surface area (TPSA) is 183 Å². The lowest BCUT2D eigenvalue weighted by molar-refractivity contribution is -0.143. The van der Waals surface area contributed by atoms with Crippen LogP contribution in [0.3, 0.4) is 0 Å². The number of aromatic nitrogens is 1. The Bertz CT molecular complexity index is 1640. The highest BCUT2D eigenvalue weighted by Crippen LogP contribution is 2.38. The second kappa shape index (κ2) is 12.0. The Morgan fingerprint density at radius 2 is 1.93 bits per heavy atom. The standard InChI is InChI=1S/C26H20F2N4O8S/c1-32-7-6-30-24(32)15-9-14(41(38)20(26(36)37)10-21(34)35)3-5-18(15)39-23-16(27)12-31-25(22(23)28)40-19-8-13(11-29)2-4-17(19)33/h2-5,8-9,12,20,33H,6-7,10H2,1H3,(H,34,35)(H,36,37). The van der Waals surface area contributed by atoms with Crippen molar-refractivity contribution in [1.29, 1.82) is 5.26 Å². The van der Waals surface area contributed by atoms with Crippen molar-refractivity contribution in [3.05, 3.63) is 65.4 Å². The number of nitrogens with zero attached hydrogens (tertiary/aromatic N) is 4. The van der Waals surface area contributed by atoms with Crippen molar-refractivity contribution >= 4 is 28.6 Å². The molecular formula is C26H20F2N4O8S. The van der Waals surface area contributed by atoms with E-state index in [0.717, 1.165) is 12.1 Å². The minimum Gasteiger partial charge on any atom is -0.504 e. The molecule has 0 spiro atoms. The van der Waals surface area contributed by atoms with E-state index in [-0.39, 0.29) is 33.4 Å². The van der Waals surface area contributed by atoms with Crippen molar-refractivity contribution in [2.75, 3.05) is 20.1 Å². The number of phenolic OH excluding ortho intramolecular Hbond substituents is 1. The van der Waals surface area contributed by atoms with Gasteiger partial charge in [-0.3, -0.25) is 18.8 Å². The first-order chi connectivity index (χ1) is 19.5. The summed E-state index contributed by atoms with van der Waals surface area (Å²) in [5, 5.41) is 35.8. The maximum absolute atomic E-state index is 15.4. The van der Waals surface area contributed by atoms with E-state index < -0.39 is 63.4 Å². The number of benzene rings is 2. The number of nitriles is 1. The van der Waals surface area contributed by atoms with Gasteiger partial charge in [0.15, 0.2) is 17.3 Å². The zero-order chi connectivity index (χ0) is 29.8. The molecule has 2 atom stereocenters. The zero-order valence-electron chi connectivity index (χ0n) is 21.1. The van der Waals surface area contributed by atoms with Crippen LogP contribution in [0.25, 0.3) is 0 Å². The Hall–Kier alpha value is -5.10. The molecule has 12 nitrogen and oxygen atoms in total. The number of aromatic hydroxyl groups is 1. The summed E-state index contributed by atoms with van der Waals surface area (Å²) in [7, 11) is -0.651. The molecule has 41 heavy (non-hydrogen) atoms. The number of amidine groups is 1. The van der Waals surface area contributed by atoms with Crippen LogP contribution in [0, 0.1) is 23.0 Å². The van der Waals surface area contributed by atoms with Gasteiger partial charge >= 0.3 is 11.9 Å². The second-order valence-electron chi connectivity index (χ2n) is 8.56. The third-order valence-corrected chi connectivity index (χ3v) is 7.39. The van der Waals surface area contributed by atoms with Crippen LogP contribution in [0.15, 0.2) is 52.5 Å². The molecule has 3 N–H and O–H groups in total. The first-order valence-electron chi connectivity index (χ1n) is 11.7. The molecule has 4 rings (SSSR count). The van der Waals surface area contributed by atoms with Crippen LogP contribution in [0.5, 0.6) is 28.9 Å². The fraction of sp³-hybridized carbons (Fsp3) is 0.192. The SMILES string of the molecule is CN1CCN=C1c1cc(S(=O)C(CC(=O)O)C(=O)O)ccc1Oc1c(F)cnc(Oc2cc(C#N)ccc2O)c1F. The number of carboxylic acids is 2. The highest BCUT2D eigenvalue weighted by Gasteiger charge is 2.31. The number of hydrogen-bond donors (Lipinski definition) is 3. The second-order valence-corrected chi connectivity index (χ2v) is 10.2. The smallest absolute Gasteiger partial charge is 0.320 e. The van der Waals surface area contributed by atoms with E-state index in [0.29, 0.717) is 19.3 Å². The Morgan fingerprint density at radius 3 is 2.56 bits per heavy atom. The van der Waals surface area contributed by atoms with Crippen molar-refractivity contribution in [1.82, 2.24) is 9.88 Å². The van der Waals surface area contributed by atoms with Gasteiger partial charge in [-0.15, -0.1) is 0 Å². The summed E-state index contributed by atoms with van der Waals surface area (Å²) in [5.41, 5.74) is 0.196. The number of pyridine rings is 1. The van der Waals surface area contributed by atoms with Gasteiger partial charge < -0.3 is 29.7 Å². The molecule has 1 aromatic heterocycles. The van der Waals surface area contributed by atoms with Gasteiger partial charge in [0.2, 0.25) is 11.6 Å². The van der Waals surface area contributed by atoms with Gasteiger partial charge in [0.25, 0.3) is 5.88 Å². The molecule has 1 aliphatic heterocycles. The summed E-state index contributed by atoms with van der Waals surface area (Å²) < 4.78 is 54.1. The molecule has 0 bridgehead atoms. The lowest BCUT2D eigenvalue weighted by Crippen LogP contribution is -2.29. The quantitative estimate of drug-likeness (QED) is 0.317. The molecule has 15 heteroatoms. The van der Waals surface area contributed by atoms with Crippen LogP contribution in [0.2, 0.25) is 0 Å². The largest absolute Gasteiger partial charge is 0.504 e. The normalized spacial score (nSPS) is 14.1. The molecule has 0 aliphatic carbocycles. The summed E-state index contributed by atoms with van der Waals surface area (Å²) in [4.78, 5) is 32.2. The third-order valence-electron chi connectivity index (χ3n) is 5.78. The first kappa shape index (κ1) is 28.9. The van der Waals surface area contributed by atoms with Gasteiger partial charge in [0.1, 0.15) is 16.8 Å². The van der Waals surface area contributed by atoms with Gasteiger partial charge in [0, 0.05) is 24.6 Å². The molecule has 0 saturated carbocycles. The Kier molecular flexibility index (Phi) is 8.43. The maximum Gasteiger partial charge on any atom is 0.320 e. The summed E-state index contributed by atoms with van der Waals surface area (Å²) in [5.74, 6) is -8.01. The average molecular weight is 587 g/mol. The molecule has 2 unspecified atom stereocenters. The van der Waals surface area contributed by atoms with E-state index in [4.69, 9.17) is 19.8 Å². The fourth-order valence-corrected chi connectivity index (χ4v) is 5.02. The number of carbonyl (C=O) groups is 2. The van der Waals surface area contributed by atoms with Crippen molar-refractivity contribution < 1.29 is 47.4 Å². The third kappa shape index (κ3) is 6.23.